The number of nitrogens with one attached hydrogen (secondary N) is 1. The molecule has 0 bridgehead atoms. The van der Waals surface area contributed by atoms with E-state index in [-0.39, 0.29) is 44.8 Å². The molecule has 8 nitrogen and oxygen atoms in total. The van der Waals surface area contributed by atoms with Gasteiger partial charge in [-0.05, 0) is 66.6 Å². The summed E-state index contributed by atoms with van der Waals surface area (Å²) in [6.07, 6.45) is -0.192. The Hall–Kier alpha value is -2.10. The van der Waals surface area contributed by atoms with Crippen molar-refractivity contribution < 1.29 is 22.7 Å². The number of rotatable bonds is 10. The van der Waals surface area contributed by atoms with Crippen molar-refractivity contribution in [3.63, 3.8) is 0 Å². The quantitative estimate of drug-likeness (QED) is 0.320. The van der Waals surface area contributed by atoms with Crippen molar-refractivity contribution in [2.45, 2.75) is 115 Å². The summed E-state index contributed by atoms with van der Waals surface area (Å²) in [5.41, 5.74) is 1.60. The van der Waals surface area contributed by atoms with Crippen LogP contribution in [0.2, 0.25) is 18.1 Å². The lowest BCUT2D eigenvalue weighted by Gasteiger charge is -2.36. The van der Waals surface area contributed by atoms with E-state index in [1.54, 1.807) is 6.07 Å². The van der Waals surface area contributed by atoms with Gasteiger partial charge < -0.3 is 9.53 Å². The van der Waals surface area contributed by atoms with Crippen molar-refractivity contribution in [2.24, 2.45) is 0 Å². The summed E-state index contributed by atoms with van der Waals surface area (Å²) >= 11 is 0.830. The van der Waals surface area contributed by atoms with Gasteiger partial charge in [0.25, 0.3) is 10.0 Å². The summed E-state index contributed by atoms with van der Waals surface area (Å²) in [4.78, 5) is 17.7. The largest absolute Gasteiger partial charge is 0.411 e. The van der Waals surface area contributed by atoms with Gasteiger partial charge in [-0.1, -0.05) is 54.5 Å². The molecule has 11 heteroatoms. The Labute approximate surface area is 239 Å². The number of carbonyl (C=O) groups excluding carboxylic acids is 1. The number of nitrogens with zero attached hydrogens (tertiary/aromatic N) is 2. The highest BCUT2D eigenvalue weighted by Gasteiger charge is 2.38. The molecule has 0 atom stereocenters. The zero-order valence-corrected chi connectivity index (χ0v) is 27.6. The molecule has 0 aliphatic carbocycles. The molecule has 0 unspecified atom stereocenters. The second kappa shape index (κ2) is 11.8. The van der Waals surface area contributed by atoms with Gasteiger partial charge in [-0.15, -0.1) is 11.3 Å². The fourth-order valence-corrected chi connectivity index (χ4v) is 7.35. The van der Waals surface area contributed by atoms with Crippen LogP contribution in [0.3, 0.4) is 0 Å². The van der Waals surface area contributed by atoms with Crippen LogP contribution in [0, 0.1) is 11.3 Å². The molecule has 1 amide bonds. The van der Waals surface area contributed by atoms with E-state index in [1.807, 2.05) is 33.8 Å². The molecule has 2 aromatic rings. The Bertz CT molecular complexity index is 1360. The smallest absolute Gasteiger partial charge is 0.275 e. The van der Waals surface area contributed by atoms with Crippen LogP contribution in [0.15, 0.2) is 16.3 Å². The third kappa shape index (κ3) is 7.76. The predicted octanol–water partition coefficient (Wildman–Crippen LogP) is 6.06. The lowest BCUT2D eigenvalue weighted by atomic mass is 9.84. The third-order valence-electron chi connectivity index (χ3n) is 7.10. The molecule has 2 N–H and O–H groups in total. The molecule has 0 saturated heterocycles. The van der Waals surface area contributed by atoms with Crippen LogP contribution >= 0.6 is 11.3 Å². The molecule has 0 fully saturated rings. The Balaban J connectivity index is 2.49. The van der Waals surface area contributed by atoms with Gasteiger partial charge in [0.05, 0.1) is 30.4 Å². The average Bonchev–Trinajstić information content (AvgIpc) is 3.22. The number of hydrogen-bond acceptors (Lipinski definition) is 8. The molecule has 1 heterocycles. The van der Waals surface area contributed by atoms with Crippen LogP contribution < -0.4 is 4.72 Å². The molecule has 1 aromatic carbocycles. The highest BCUT2D eigenvalue weighted by Crippen LogP contribution is 2.38. The maximum absolute atomic E-state index is 13.5. The van der Waals surface area contributed by atoms with Crippen LogP contribution in [0.4, 0.5) is 0 Å². The van der Waals surface area contributed by atoms with Gasteiger partial charge in [0.15, 0.2) is 12.5 Å². The van der Waals surface area contributed by atoms with E-state index in [4.69, 9.17) is 4.43 Å². The Kier molecular flexibility index (Phi) is 10.0. The number of benzene rings is 1. The molecule has 0 aliphatic heterocycles. The highest BCUT2D eigenvalue weighted by molar-refractivity contribution is 7.92. The number of aliphatic hydroxyl groups is 1. The van der Waals surface area contributed by atoms with Crippen molar-refractivity contribution in [1.82, 2.24) is 9.71 Å². The molecule has 216 valence electrons. The lowest BCUT2D eigenvalue weighted by Crippen LogP contribution is -2.40. The topological polar surface area (TPSA) is 129 Å². The molecule has 0 saturated carbocycles. The van der Waals surface area contributed by atoms with Crippen molar-refractivity contribution in [2.75, 3.05) is 0 Å². The first-order chi connectivity index (χ1) is 17.6. The van der Waals surface area contributed by atoms with Crippen LogP contribution in [0.25, 0.3) is 0 Å². The van der Waals surface area contributed by atoms with E-state index in [0.29, 0.717) is 11.1 Å². The number of thiazole rings is 1. The fraction of sp³-hybridized carbons (Fsp3) is 0.607. The van der Waals surface area contributed by atoms with Gasteiger partial charge in [-0.2, -0.15) is 5.26 Å². The van der Waals surface area contributed by atoms with Crippen LogP contribution in [0.5, 0.6) is 0 Å². The Morgan fingerprint density at radius 1 is 1.15 bits per heavy atom. The molecule has 2 rings (SSSR count). The maximum Gasteiger partial charge on any atom is 0.275 e. The van der Waals surface area contributed by atoms with Gasteiger partial charge in [0, 0.05) is 0 Å². The zero-order valence-electron chi connectivity index (χ0n) is 25.0. The van der Waals surface area contributed by atoms with E-state index in [2.05, 4.69) is 49.6 Å². The fourth-order valence-electron chi connectivity index (χ4n) is 3.94. The average molecular weight is 594 g/mol. The Morgan fingerprint density at radius 2 is 1.74 bits per heavy atom. The van der Waals surface area contributed by atoms with Gasteiger partial charge >= 0.3 is 0 Å². The van der Waals surface area contributed by atoms with E-state index in [1.165, 1.54) is 13.8 Å². The van der Waals surface area contributed by atoms with Crippen LogP contribution in [-0.4, -0.2) is 32.7 Å². The number of aromatic nitrogens is 1. The number of sulfonamides is 1. The summed E-state index contributed by atoms with van der Waals surface area (Å²) < 4.78 is 35.4. The zero-order chi connectivity index (χ0) is 30.1. The highest BCUT2D eigenvalue weighted by atomic mass is 32.2. The van der Waals surface area contributed by atoms with Gasteiger partial charge in [0.1, 0.15) is 10.6 Å². The summed E-state index contributed by atoms with van der Waals surface area (Å²) in [5.74, 6) is -0.666. The number of nitriles is 1. The first kappa shape index (κ1) is 33.1. The summed E-state index contributed by atoms with van der Waals surface area (Å²) in [7, 11) is -6.56. The number of amides is 1. The number of hydrogen-bond donors (Lipinski definition) is 2. The monoisotopic (exact) mass is 593 g/mol. The summed E-state index contributed by atoms with van der Waals surface area (Å²) in [5, 5.41) is 20.3. The SMILES string of the molecule is CC(C)c1ccc(C#N)c(C(C)C)c1CC(=O)NS(=O)(=O)c1sc(C(C)(C)O)nc1CO[Si](C)(C)C(C)(C)C. The van der Waals surface area contributed by atoms with E-state index in [0.717, 1.165) is 22.5 Å². The lowest BCUT2D eigenvalue weighted by molar-refractivity contribution is -0.118. The van der Waals surface area contributed by atoms with E-state index < -0.39 is 29.8 Å². The van der Waals surface area contributed by atoms with E-state index in [9.17, 15) is 23.6 Å². The van der Waals surface area contributed by atoms with Crippen molar-refractivity contribution in [3.8, 4) is 6.07 Å². The minimum absolute atomic E-state index is 0.0346. The number of carbonyl (C=O) groups is 1. The van der Waals surface area contributed by atoms with Crippen molar-refractivity contribution in [1.29, 1.82) is 5.26 Å². The normalized spacial score (nSPS) is 13.2. The van der Waals surface area contributed by atoms with Crippen LogP contribution in [-0.2, 0) is 37.9 Å². The molecule has 0 spiro atoms. The first-order valence-corrected chi connectivity index (χ1v) is 18.3. The molecule has 0 radical (unpaired) electrons. The molecule has 0 aliphatic rings. The molecule has 1 aromatic heterocycles. The minimum atomic E-state index is -4.32. The molecular weight excluding hydrogens is 551 g/mol. The Morgan fingerprint density at radius 3 is 2.21 bits per heavy atom. The molecule has 39 heavy (non-hydrogen) atoms. The second-order valence-electron chi connectivity index (χ2n) is 12.6. The maximum atomic E-state index is 13.5. The summed E-state index contributed by atoms with van der Waals surface area (Å²) in [6.45, 7) is 21.3. The van der Waals surface area contributed by atoms with Crippen LogP contribution in [0.1, 0.15) is 107 Å². The minimum Gasteiger partial charge on any atom is -0.411 e. The van der Waals surface area contributed by atoms with E-state index >= 15 is 0 Å². The second-order valence-corrected chi connectivity index (χ2v) is 20.3. The summed E-state index contributed by atoms with van der Waals surface area (Å²) in [6, 6.07) is 5.79. The first-order valence-electron chi connectivity index (χ1n) is 13.1. The van der Waals surface area contributed by atoms with Gasteiger partial charge in [-0.3, -0.25) is 4.79 Å². The van der Waals surface area contributed by atoms with Gasteiger partial charge in [0.2, 0.25) is 5.91 Å². The molecular formula is C28H43N3O5S2Si. The van der Waals surface area contributed by atoms with Gasteiger partial charge in [-0.25, -0.2) is 18.1 Å². The van der Waals surface area contributed by atoms with Crippen molar-refractivity contribution >= 4 is 35.6 Å². The third-order valence-corrected chi connectivity index (χ3v) is 14.9. The van der Waals surface area contributed by atoms with Crippen molar-refractivity contribution in [3.05, 3.63) is 45.1 Å². The predicted molar refractivity (Wildman–Crippen MR) is 158 cm³/mol. The standard InChI is InChI=1S/C28H43N3O5S2Si/c1-17(2)20-13-12-19(15-29)24(18(3)4)21(20)14-23(32)31-38(34,35)25-22(30-26(37-25)28(8,9)33)16-36-39(10,11)27(5,6)7/h12-13,17-18,33H,14,16H2,1-11H3,(H,31,32).